The number of carbonyl (C=O) groups is 2. The Kier molecular flexibility index (Phi) is 6.35. The van der Waals surface area contributed by atoms with Gasteiger partial charge in [0.25, 0.3) is 5.91 Å². The summed E-state index contributed by atoms with van der Waals surface area (Å²) in [5, 5.41) is 11.3. The van der Waals surface area contributed by atoms with E-state index >= 15 is 0 Å². The molecule has 0 saturated heterocycles. The average molecular weight is 416 g/mol. The summed E-state index contributed by atoms with van der Waals surface area (Å²) in [5.74, 6) is 0.0760. The van der Waals surface area contributed by atoms with Crippen molar-refractivity contribution in [1.29, 1.82) is 0 Å². The number of esters is 1. The number of ether oxygens (including phenoxy) is 4. The van der Waals surface area contributed by atoms with Gasteiger partial charge in [-0.2, -0.15) is 0 Å². The summed E-state index contributed by atoms with van der Waals surface area (Å²) in [7, 11) is 2.77. The topological polar surface area (TPSA) is 117 Å². The summed E-state index contributed by atoms with van der Waals surface area (Å²) in [4.78, 5) is 36.0. The van der Waals surface area contributed by atoms with Crippen LogP contribution in [-0.2, 0) is 16.1 Å². The van der Waals surface area contributed by atoms with Gasteiger partial charge in [-0.05, 0) is 29.8 Å². The van der Waals surface area contributed by atoms with Crippen LogP contribution in [0, 0.1) is 10.1 Å². The molecule has 0 spiro atoms. The van der Waals surface area contributed by atoms with E-state index in [4.69, 9.17) is 14.2 Å². The summed E-state index contributed by atoms with van der Waals surface area (Å²) in [5.41, 5.74) is 0.419. The molecule has 0 unspecified atom stereocenters. The third kappa shape index (κ3) is 4.77. The quantitative estimate of drug-likeness (QED) is 0.383. The van der Waals surface area contributed by atoms with E-state index in [1.807, 2.05) is 6.07 Å². The molecule has 0 N–H and O–H groups in total. The van der Waals surface area contributed by atoms with E-state index < -0.39 is 23.2 Å². The zero-order valence-electron chi connectivity index (χ0n) is 16.5. The SMILES string of the molecule is COC(=O)c1ccc(OCC(=O)N(C)Cc2ccc3c(c2)OCCO3)c([N+](=O)[O-])c1. The molecule has 1 aliphatic heterocycles. The lowest BCUT2D eigenvalue weighted by molar-refractivity contribution is -0.385. The average Bonchev–Trinajstić information content (AvgIpc) is 2.76. The Bertz CT molecular complexity index is 975. The molecule has 0 aromatic heterocycles. The molecule has 0 atom stereocenters. The van der Waals surface area contributed by atoms with Crippen LogP contribution >= 0.6 is 0 Å². The molecule has 10 nitrogen and oxygen atoms in total. The van der Waals surface area contributed by atoms with Gasteiger partial charge in [0.1, 0.15) is 13.2 Å². The van der Waals surface area contributed by atoms with Gasteiger partial charge in [0.05, 0.1) is 17.6 Å². The molecule has 30 heavy (non-hydrogen) atoms. The first-order valence-corrected chi connectivity index (χ1v) is 9.01. The maximum Gasteiger partial charge on any atom is 0.338 e. The van der Waals surface area contributed by atoms with Crippen molar-refractivity contribution in [2.75, 3.05) is 34.0 Å². The van der Waals surface area contributed by atoms with E-state index in [0.717, 1.165) is 11.6 Å². The molecule has 0 bridgehead atoms. The number of nitrogens with zero attached hydrogens (tertiary/aromatic N) is 2. The maximum absolute atomic E-state index is 12.4. The number of amides is 1. The number of rotatable bonds is 7. The molecular formula is C20H20N2O8. The molecular weight excluding hydrogens is 396 g/mol. The van der Waals surface area contributed by atoms with Crippen LogP contribution < -0.4 is 14.2 Å². The van der Waals surface area contributed by atoms with Crippen molar-refractivity contribution < 1.29 is 33.5 Å². The minimum absolute atomic E-state index is 0.0126. The molecule has 0 fully saturated rings. The zero-order valence-corrected chi connectivity index (χ0v) is 16.5. The lowest BCUT2D eigenvalue weighted by Gasteiger charge is -2.21. The third-order valence-electron chi connectivity index (χ3n) is 4.38. The van der Waals surface area contributed by atoms with Crippen LogP contribution in [0.25, 0.3) is 0 Å². The molecule has 158 valence electrons. The van der Waals surface area contributed by atoms with Crippen LogP contribution in [-0.4, -0.2) is 55.7 Å². The Morgan fingerprint density at radius 1 is 1.13 bits per heavy atom. The van der Waals surface area contributed by atoms with Gasteiger partial charge in [0.2, 0.25) is 0 Å². The number of hydrogen-bond donors (Lipinski definition) is 0. The Hall–Kier alpha value is -3.82. The Morgan fingerprint density at radius 3 is 2.57 bits per heavy atom. The number of methoxy groups -OCH3 is 1. The zero-order chi connectivity index (χ0) is 21.7. The summed E-state index contributed by atoms with van der Waals surface area (Å²) in [6, 6.07) is 9.05. The van der Waals surface area contributed by atoms with E-state index in [-0.39, 0.29) is 17.2 Å². The fourth-order valence-electron chi connectivity index (χ4n) is 2.82. The molecule has 1 aliphatic rings. The molecule has 3 rings (SSSR count). The first-order valence-electron chi connectivity index (χ1n) is 9.01. The highest BCUT2D eigenvalue weighted by atomic mass is 16.6. The van der Waals surface area contributed by atoms with Crippen LogP contribution in [0.3, 0.4) is 0 Å². The van der Waals surface area contributed by atoms with Gasteiger partial charge in [-0.15, -0.1) is 0 Å². The normalized spacial score (nSPS) is 12.1. The van der Waals surface area contributed by atoms with Crippen LogP contribution in [0.5, 0.6) is 17.2 Å². The number of benzene rings is 2. The summed E-state index contributed by atoms with van der Waals surface area (Å²) in [6.45, 7) is 0.850. The molecule has 2 aromatic rings. The van der Waals surface area contributed by atoms with Crippen molar-refractivity contribution >= 4 is 17.6 Å². The van der Waals surface area contributed by atoms with Crippen molar-refractivity contribution in [2.24, 2.45) is 0 Å². The molecule has 1 heterocycles. The molecule has 2 aromatic carbocycles. The second-order valence-electron chi connectivity index (χ2n) is 6.45. The number of nitro benzene ring substituents is 1. The van der Waals surface area contributed by atoms with Gasteiger partial charge in [-0.25, -0.2) is 4.79 Å². The third-order valence-corrected chi connectivity index (χ3v) is 4.38. The predicted octanol–water partition coefficient (Wildman–Crippen LogP) is 2.19. The lowest BCUT2D eigenvalue weighted by atomic mass is 10.2. The number of hydrogen-bond acceptors (Lipinski definition) is 8. The first kappa shape index (κ1) is 20.9. The second kappa shape index (κ2) is 9.12. The van der Waals surface area contributed by atoms with Gasteiger partial charge in [-0.3, -0.25) is 14.9 Å². The summed E-state index contributed by atoms with van der Waals surface area (Å²) < 4.78 is 20.9. The predicted molar refractivity (Wildman–Crippen MR) is 104 cm³/mol. The monoisotopic (exact) mass is 416 g/mol. The molecule has 0 saturated carbocycles. The number of fused-ring (bicyclic) bond motifs is 1. The first-order chi connectivity index (χ1) is 14.4. The number of likely N-dealkylation sites (N-methyl/N-ethyl adjacent to an activating group) is 1. The van der Waals surface area contributed by atoms with Crippen molar-refractivity contribution in [3.63, 3.8) is 0 Å². The standard InChI is InChI=1S/C20H20N2O8/c1-21(11-13-3-5-17-18(9-13)29-8-7-28-17)19(23)12-30-16-6-4-14(20(24)27-2)10-15(16)22(25)26/h3-6,9-10H,7-8,11-12H2,1-2H3. The second-order valence-corrected chi connectivity index (χ2v) is 6.45. The molecule has 1 amide bonds. The highest BCUT2D eigenvalue weighted by Crippen LogP contribution is 2.31. The smallest absolute Gasteiger partial charge is 0.338 e. The highest BCUT2D eigenvalue weighted by Gasteiger charge is 2.21. The summed E-state index contributed by atoms with van der Waals surface area (Å²) >= 11 is 0. The van der Waals surface area contributed by atoms with E-state index in [1.165, 1.54) is 24.1 Å². The minimum Gasteiger partial charge on any atom is -0.486 e. The van der Waals surface area contributed by atoms with E-state index in [9.17, 15) is 19.7 Å². The van der Waals surface area contributed by atoms with E-state index in [1.54, 1.807) is 19.2 Å². The van der Waals surface area contributed by atoms with Crippen molar-refractivity contribution in [1.82, 2.24) is 4.90 Å². The number of nitro groups is 1. The van der Waals surface area contributed by atoms with Crippen molar-refractivity contribution in [3.05, 3.63) is 57.6 Å². The molecule has 0 radical (unpaired) electrons. The fraction of sp³-hybridized carbons (Fsp3) is 0.300. The van der Waals surface area contributed by atoms with Crippen LogP contribution in [0.1, 0.15) is 15.9 Å². The van der Waals surface area contributed by atoms with Crippen molar-refractivity contribution in [2.45, 2.75) is 6.54 Å². The Labute approximate surface area is 172 Å². The van der Waals surface area contributed by atoms with Gasteiger partial charge >= 0.3 is 11.7 Å². The molecule has 0 aliphatic carbocycles. The van der Waals surface area contributed by atoms with E-state index in [0.29, 0.717) is 31.3 Å². The maximum atomic E-state index is 12.4. The van der Waals surface area contributed by atoms with Crippen LogP contribution in [0.15, 0.2) is 36.4 Å². The molecule has 10 heteroatoms. The number of carbonyl (C=O) groups excluding carboxylic acids is 2. The van der Waals surface area contributed by atoms with Gasteiger partial charge in [0.15, 0.2) is 23.9 Å². The Morgan fingerprint density at radius 2 is 1.87 bits per heavy atom. The minimum atomic E-state index is -0.708. The summed E-state index contributed by atoms with van der Waals surface area (Å²) in [6.07, 6.45) is 0. The van der Waals surface area contributed by atoms with E-state index in [2.05, 4.69) is 4.74 Å². The van der Waals surface area contributed by atoms with Crippen LogP contribution in [0.4, 0.5) is 5.69 Å². The largest absolute Gasteiger partial charge is 0.486 e. The highest BCUT2D eigenvalue weighted by molar-refractivity contribution is 5.90. The van der Waals surface area contributed by atoms with Gasteiger partial charge < -0.3 is 23.8 Å². The fourth-order valence-corrected chi connectivity index (χ4v) is 2.82. The van der Waals surface area contributed by atoms with Crippen LogP contribution in [0.2, 0.25) is 0 Å². The lowest BCUT2D eigenvalue weighted by Crippen LogP contribution is -2.31. The van der Waals surface area contributed by atoms with Gasteiger partial charge in [0, 0.05) is 19.7 Å². The van der Waals surface area contributed by atoms with Gasteiger partial charge in [-0.1, -0.05) is 6.07 Å². The Balaban J connectivity index is 1.63. The van der Waals surface area contributed by atoms with Crippen molar-refractivity contribution in [3.8, 4) is 17.2 Å².